The van der Waals surface area contributed by atoms with Crippen molar-refractivity contribution in [3.05, 3.63) is 30.1 Å². The molecule has 1 aliphatic heterocycles. The van der Waals surface area contributed by atoms with Crippen molar-refractivity contribution >= 4 is 17.7 Å². The Labute approximate surface area is 170 Å². The summed E-state index contributed by atoms with van der Waals surface area (Å²) in [6.07, 6.45) is 1.17. The van der Waals surface area contributed by atoms with E-state index < -0.39 is 0 Å². The lowest BCUT2D eigenvalue weighted by Gasteiger charge is -2.35. The third-order valence-electron chi connectivity index (χ3n) is 4.93. The largest absolute Gasteiger partial charge is 0.341 e. The minimum atomic E-state index is -0.316. The summed E-state index contributed by atoms with van der Waals surface area (Å²) < 4.78 is 16.2. The van der Waals surface area contributed by atoms with Gasteiger partial charge in [-0.05, 0) is 36.3 Å². The van der Waals surface area contributed by atoms with Crippen LogP contribution in [-0.4, -0.2) is 44.4 Å². The van der Waals surface area contributed by atoms with Gasteiger partial charge in [-0.25, -0.2) is 4.39 Å². The molecule has 0 spiro atoms. The van der Waals surface area contributed by atoms with Crippen LogP contribution in [0, 0.1) is 23.6 Å². The maximum absolute atomic E-state index is 14.3. The van der Waals surface area contributed by atoms with Gasteiger partial charge in [-0.3, -0.25) is 4.79 Å². The molecular weight excluding hydrogens is 375 g/mol. The molecule has 1 aromatic heterocycles. The van der Waals surface area contributed by atoms with Gasteiger partial charge in [0.1, 0.15) is 5.82 Å². The van der Waals surface area contributed by atoms with E-state index in [0.717, 1.165) is 13.1 Å². The second-order valence-corrected chi connectivity index (χ2v) is 9.27. The number of halogens is 1. The van der Waals surface area contributed by atoms with Crippen LogP contribution in [0.25, 0.3) is 11.4 Å². The Hall–Kier alpha value is -1.89. The minimum Gasteiger partial charge on any atom is -0.341 e. The molecule has 0 saturated carbocycles. The quantitative estimate of drug-likeness (QED) is 0.672. The minimum absolute atomic E-state index is 0.134. The third-order valence-corrected chi connectivity index (χ3v) is 5.88. The van der Waals surface area contributed by atoms with Gasteiger partial charge in [0, 0.05) is 19.6 Å². The van der Waals surface area contributed by atoms with Crippen LogP contribution in [0.1, 0.15) is 34.1 Å². The predicted molar refractivity (Wildman–Crippen MR) is 111 cm³/mol. The van der Waals surface area contributed by atoms with E-state index in [2.05, 4.69) is 37.9 Å². The maximum atomic E-state index is 14.3. The molecule has 1 aliphatic rings. The first-order valence-electron chi connectivity index (χ1n) is 9.93. The Balaban J connectivity index is 1.77. The molecule has 28 heavy (non-hydrogen) atoms. The average molecular weight is 405 g/mol. The monoisotopic (exact) mass is 404 g/mol. The Bertz CT molecular complexity index is 812. The van der Waals surface area contributed by atoms with E-state index in [-0.39, 0.29) is 11.7 Å². The van der Waals surface area contributed by atoms with Gasteiger partial charge in [0.15, 0.2) is 11.0 Å². The molecule has 2 heterocycles. The highest BCUT2D eigenvalue weighted by Crippen LogP contribution is 2.28. The lowest BCUT2D eigenvalue weighted by atomic mass is 9.92. The zero-order valence-electron chi connectivity index (χ0n) is 17.1. The van der Waals surface area contributed by atoms with Crippen LogP contribution in [0.2, 0.25) is 0 Å². The van der Waals surface area contributed by atoms with Crippen LogP contribution in [0.3, 0.4) is 0 Å². The molecule has 1 aromatic carbocycles. The van der Waals surface area contributed by atoms with Crippen molar-refractivity contribution in [2.24, 2.45) is 17.8 Å². The third kappa shape index (κ3) is 4.93. The summed E-state index contributed by atoms with van der Waals surface area (Å²) in [5.74, 6) is 2.08. The van der Waals surface area contributed by atoms with E-state index >= 15 is 0 Å². The van der Waals surface area contributed by atoms with Crippen molar-refractivity contribution < 1.29 is 9.18 Å². The van der Waals surface area contributed by atoms with Gasteiger partial charge in [0.05, 0.1) is 11.3 Å². The lowest BCUT2D eigenvalue weighted by Crippen LogP contribution is -2.43. The summed E-state index contributed by atoms with van der Waals surface area (Å²) in [4.78, 5) is 14.7. The number of likely N-dealkylation sites (tertiary alicyclic amines) is 1. The fraction of sp³-hybridized carbons (Fsp3) is 0.571. The molecule has 0 aliphatic carbocycles. The second kappa shape index (κ2) is 9.07. The molecule has 5 nitrogen and oxygen atoms in total. The molecule has 2 aromatic rings. The molecule has 0 N–H and O–H groups in total. The molecule has 0 unspecified atom stereocenters. The summed E-state index contributed by atoms with van der Waals surface area (Å²) >= 11 is 1.39. The zero-order valence-corrected chi connectivity index (χ0v) is 17.9. The molecule has 1 amide bonds. The van der Waals surface area contributed by atoms with E-state index in [0.29, 0.717) is 46.6 Å². The summed E-state index contributed by atoms with van der Waals surface area (Å²) in [5.41, 5.74) is 0.438. The number of piperidine rings is 1. The van der Waals surface area contributed by atoms with E-state index in [1.54, 1.807) is 18.2 Å². The molecule has 1 fully saturated rings. The first-order valence-corrected chi connectivity index (χ1v) is 10.9. The zero-order chi connectivity index (χ0) is 20.3. The van der Waals surface area contributed by atoms with Gasteiger partial charge in [0.25, 0.3) is 0 Å². The van der Waals surface area contributed by atoms with Crippen LogP contribution in [0.4, 0.5) is 4.39 Å². The van der Waals surface area contributed by atoms with Gasteiger partial charge < -0.3 is 9.47 Å². The molecule has 0 radical (unpaired) electrons. The van der Waals surface area contributed by atoms with Crippen molar-refractivity contribution in [3.8, 4) is 11.4 Å². The van der Waals surface area contributed by atoms with E-state index in [9.17, 15) is 9.18 Å². The normalized spacial score (nSPS) is 20.0. The Morgan fingerprint density at radius 1 is 1.21 bits per heavy atom. The van der Waals surface area contributed by atoms with E-state index in [1.807, 2.05) is 9.47 Å². The SMILES string of the molecule is CC(C)Cn1c(SCC(=O)N2C[C@H](C)C[C@@H](C)C2)nnc1-c1ccccc1F. The summed E-state index contributed by atoms with van der Waals surface area (Å²) in [6.45, 7) is 10.9. The van der Waals surface area contributed by atoms with Crippen molar-refractivity contribution in [3.63, 3.8) is 0 Å². The number of thioether (sulfide) groups is 1. The highest BCUT2D eigenvalue weighted by molar-refractivity contribution is 7.99. The smallest absolute Gasteiger partial charge is 0.233 e. The molecule has 2 atom stereocenters. The molecular formula is C21H29FN4OS. The number of aromatic nitrogens is 3. The first-order chi connectivity index (χ1) is 13.3. The lowest BCUT2D eigenvalue weighted by molar-refractivity contribution is -0.130. The number of carbonyl (C=O) groups is 1. The fourth-order valence-corrected chi connectivity index (χ4v) is 4.70. The first kappa shape index (κ1) is 20.8. The molecule has 1 saturated heterocycles. The van der Waals surface area contributed by atoms with Crippen molar-refractivity contribution in [2.75, 3.05) is 18.8 Å². The van der Waals surface area contributed by atoms with Crippen LogP contribution in [0.5, 0.6) is 0 Å². The van der Waals surface area contributed by atoms with Gasteiger partial charge in [0.2, 0.25) is 5.91 Å². The summed E-state index contributed by atoms with van der Waals surface area (Å²) in [7, 11) is 0. The van der Waals surface area contributed by atoms with Gasteiger partial charge >= 0.3 is 0 Å². The van der Waals surface area contributed by atoms with Gasteiger partial charge in [-0.1, -0.05) is 51.6 Å². The Morgan fingerprint density at radius 3 is 2.54 bits per heavy atom. The fourth-order valence-electron chi connectivity index (χ4n) is 3.85. The van der Waals surface area contributed by atoms with Crippen molar-refractivity contribution in [1.29, 1.82) is 0 Å². The van der Waals surface area contributed by atoms with E-state index in [1.165, 1.54) is 24.2 Å². The molecule has 3 rings (SSSR count). The molecule has 152 valence electrons. The highest BCUT2D eigenvalue weighted by atomic mass is 32.2. The van der Waals surface area contributed by atoms with Crippen LogP contribution >= 0.6 is 11.8 Å². The van der Waals surface area contributed by atoms with Gasteiger partial charge in [-0.15, -0.1) is 10.2 Å². The molecule has 7 heteroatoms. The second-order valence-electron chi connectivity index (χ2n) is 8.32. The van der Waals surface area contributed by atoms with Gasteiger partial charge in [-0.2, -0.15) is 0 Å². The number of benzene rings is 1. The number of rotatable bonds is 6. The van der Waals surface area contributed by atoms with Crippen LogP contribution in [-0.2, 0) is 11.3 Å². The number of amides is 1. The standard InChI is InChI=1S/C21H29FN4OS/c1-14(2)10-26-20(17-7-5-6-8-18(17)22)23-24-21(26)28-13-19(27)25-11-15(3)9-16(4)12-25/h5-8,14-16H,9-13H2,1-4H3/t15-,16-/m1/s1. The summed E-state index contributed by atoms with van der Waals surface area (Å²) in [6, 6.07) is 6.60. The Morgan fingerprint density at radius 2 is 1.89 bits per heavy atom. The predicted octanol–water partition coefficient (Wildman–Crippen LogP) is 4.34. The van der Waals surface area contributed by atoms with Crippen LogP contribution in [0.15, 0.2) is 29.4 Å². The van der Waals surface area contributed by atoms with Crippen LogP contribution < -0.4 is 0 Å². The maximum Gasteiger partial charge on any atom is 0.233 e. The number of hydrogen-bond acceptors (Lipinski definition) is 4. The number of nitrogens with zero attached hydrogens (tertiary/aromatic N) is 4. The summed E-state index contributed by atoms with van der Waals surface area (Å²) in [5, 5.41) is 9.18. The van der Waals surface area contributed by atoms with Crippen molar-refractivity contribution in [2.45, 2.75) is 45.8 Å². The number of carbonyl (C=O) groups excluding carboxylic acids is 1. The van der Waals surface area contributed by atoms with Crippen molar-refractivity contribution in [1.82, 2.24) is 19.7 Å². The van der Waals surface area contributed by atoms with E-state index in [4.69, 9.17) is 0 Å². The molecule has 0 bridgehead atoms. The highest BCUT2D eigenvalue weighted by Gasteiger charge is 2.26. The number of hydrogen-bond donors (Lipinski definition) is 0. The average Bonchev–Trinajstić information content (AvgIpc) is 3.01. The Kier molecular flexibility index (Phi) is 6.75. The topological polar surface area (TPSA) is 51.0 Å².